The largest absolute Gasteiger partial charge is 0.478 e. The molecule has 2 N–H and O–H groups in total. The first kappa shape index (κ1) is 12.2. The monoisotopic (exact) mass is 263 g/mol. The third kappa shape index (κ3) is 2.21. The number of aliphatic carboxylic acids is 1. The predicted octanol–water partition coefficient (Wildman–Crippen LogP) is 3.93. The maximum atomic E-state index is 10.8. The van der Waals surface area contributed by atoms with Crippen molar-refractivity contribution in [3.05, 3.63) is 66.2 Å². The van der Waals surface area contributed by atoms with E-state index < -0.39 is 5.97 Å². The van der Waals surface area contributed by atoms with E-state index in [1.54, 1.807) is 6.08 Å². The maximum Gasteiger partial charge on any atom is 0.328 e. The summed E-state index contributed by atoms with van der Waals surface area (Å²) >= 11 is 0. The molecule has 1 heterocycles. The number of rotatable bonds is 3. The number of hydrogen-bond acceptors (Lipinski definition) is 1. The summed E-state index contributed by atoms with van der Waals surface area (Å²) in [4.78, 5) is 14.1. The van der Waals surface area contributed by atoms with Gasteiger partial charge in [-0.15, -0.1) is 0 Å². The first-order chi connectivity index (χ1) is 9.75. The van der Waals surface area contributed by atoms with E-state index in [1.165, 1.54) is 6.08 Å². The molecular formula is C17H13NO2. The number of nitrogens with one attached hydrogen (secondary N) is 1. The molecule has 0 atom stereocenters. The quantitative estimate of drug-likeness (QED) is 0.703. The van der Waals surface area contributed by atoms with Crippen LogP contribution < -0.4 is 0 Å². The molecular weight excluding hydrogens is 250 g/mol. The van der Waals surface area contributed by atoms with Crippen molar-refractivity contribution >= 4 is 22.9 Å². The van der Waals surface area contributed by atoms with Gasteiger partial charge in [0.2, 0.25) is 0 Å². The van der Waals surface area contributed by atoms with Crippen LogP contribution in [0.4, 0.5) is 0 Å². The molecule has 0 saturated carbocycles. The lowest BCUT2D eigenvalue weighted by atomic mass is 10.0. The molecule has 0 unspecified atom stereocenters. The third-order valence-electron chi connectivity index (χ3n) is 3.20. The lowest BCUT2D eigenvalue weighted by molar-refractivity contribution is -0.131. The lowest BCUT2D eigenvalue weighted by Gasteiger charge is -2.00. The fourth-order valence-corrected chi connectivity index (χ4v) is 2.32. The molecule has 0 aliphatic carbocycles. The summed E-state index contributed by atoms with van der Waals surface area (Å²) in [6.45, 7) is 0. The standard InChI is InChI=1S/C17H13NO2/c19-16(20)11-10-14-13-8-4-5-9-15(13)18-17(14)12-6-2-1-3-7-12/h1-11,18H,(H,19,20)/b11-10+. The van der Waals surface area contributed by atoms with Crippen LogP contribution in [-0.2, 0) is 4.79 Å². The molecule has 0 saturated heterocycles. The summed E-state index contributed by atoms with van der Waals surface area (Å²) in [5, 5.41) is 9.87. The van der Waals surface area contributed by atoms with Gasteiger partial charge < -0.3 is 10.1 Å². The van der Waals surface area contributed by atoms with Gasteiger partial charge >= 0.3 is 5.97 Å². The number of aromatic nitrogens is 1. The van der Waals surface area contributed by atoms with Crippen LogP contribution in [0.2, 0.25) is 0 Å². The van der Waals surface area contributed by atoms with Crippen LogP contribution in [0.25, 0.3) is 28.2 Å². The summed E-state index contributed by atoms with van der Waals surface area (Å²) in [5.41, 5.74) is 3.86. The molecule has 3 nitrogen and oxygen atoms in total. The van der Waals surface area contributed by atoms with Crippen LogP contribution in [0.5, 0.6) is 0 Å². The van der Waals surface area contributed by atoms with Crippen LogP contribution in [-0.4, -0.2) is 16.1 Å². The van der Waals surface area contributed by atoms with E-state index in [0.717, 1.165) is 27.7 Å². The van der Waals surface area contributed by atoms with Gasteiger partial charge in [-0.25, -0.2) is 4.79 Å². The van der Waals surface area contributed by atoms with Gasteiger partial charge in [-0.1, -0.05) is 48.5 Å². The Kier molecular flexibility index (Phi) is 3.09. The summed E-state index contributed by atoms with van der Waals surface area (Å²) in [7, 11) is 0. The Balaban J connectivity index is 2.25. The average Bonchev–Trinajstić information content (AvgIpc) is 2.84. The highest BCUT2D eigenvalue weighted by Crippen LogP contribution is 2.31. The highest BCUT2D eigenvalue weighted by atomic mass is 16.4. The minimum Gasteiger partial charge on any atom is -0.478 e. The summed E-state index contributed by atoms with van der Waals surface area (Å²) < 4.78 is 0. The molecule has 0 bridgehead atoms. The fraction of sp³-hybridized carbons (Fsp3) is 0. The van der Waals surface area contributed by atoms with Crippen LogP contribution in [0.15, 0.2) is 60.7 Å². The molecule has 0 radical (unpaired) electrons. The Morgan fingerprint density at radius 2 is 1.70 bits per heavy atom. The number of carboxylic acids is 1. The molecule has 2 aromatic carbocycles. The number of para-hydroxylation sites is 1. The Hall–Kier alpha value is -2.81. The van der Waals surface area contributed by atoms with E-state index in [0.29, 0.717) is 0 Å². The van der Waals surface area contributed by atoms with Gasteiger partial charge in [0.1, 0.15) is 0 Å². The Morgan fingerprint density at radius 1 is 1.00 bits per heavy atom. The summed E-state index contributed by atoms with van der Waals surface area (Å²) in [6, 6.07) is 17.8. The van der Waals surface area contributed by atoms with E-state index in [1.807, 2.05) is 54.6 Å². The van der Waals surface area contributed by atoms with Gasteiger partial charge in [0.15, 0.2) is 0 Å². The van der Waals surface area contributed by atoms with E-state index >= 15 is 0 Å². The third-order valence-corrected chi connectivity index (χ3v) is 3.20. The minimum absolute atomic E-state index is 0.897. The Morgan fingerprint density at radius 3 is 2.45 bits per heavy atom. The minimum atomic E-state index is -0.950. The topological polar surface area (TPSA) is 53.1 Å². The summed E-state index contributed by atoms with van der Waals surface area (Å²) in [6.07, 6.45) is 2.81. The van der Waals surface area contributed by atoms with Gasteiger partial charge in [-0.3, -0.25) is 0 Å². The van der Waals surface area contributed by atoms with E-state index in [9.17, 15) is 4.79 Å². The average molecular weight is 263 g/mol. The smallest absolute Gasteiger partial charge is 0.328 e. The highest BCUT2D eigenvalue weighted by Gasteiger charge is 2.10. The number of carbonyl (C=O) groups is 1. The van der Waals surface area contributed by atoms with Crippen molar-refractivity contribution < 1.29 is 9.90 Å². The molecule has 0 amide bonds. The van der Waals surface area contributed by atoms with Gasteiger partial charge in [0.25, 0.3) is 0 Å². The second-order valence-corrected chi connectivity index (χ2v) is 4.50. The number of aromatic amines is 1. The van der Waals surface area contributed by atoms with E-state index in [2.05, 4.69) is 4.98 Å². The van der Waals surface area contributed by atoms with Crippen molar-refractivity contribution in [2.24, 2.45) is 0 Å². The van der Waals surface area contributed by atoms with Gasteiger partial charge in [0.05, 0.1) is 5.69 Å². The number of hydrogen-bond donors (Lipinski definition) is 2. The molecule has 20 heavy (non-hydrogen) atoms. The molecule has 0 aliphatic heterocycles. The predicted molar refractivity (Wildman–Crippen MR) is 80.4 cm³/mol. The number of carboxylic acid groups (broad SMARTS) is 1. The second-order valence-electron chi connectivity index (χ2n) is 4.50. The SMILES string of the molecule is O=C(O)/C=C/c1c(-c2ccccc2)[nH]c2ccccc12. The highest BCUT2D eigenvalue weighted by molar-refractivity contribution is 5.99. The lowest BCUT2D eigenvalue weighted by Crippen LogP contribution is -1.86. The van der Waals surface area contributed by atoms with Crippen molar-refractivity contribution in [2.45, 2.75) is 0 Å². The van der Waals surface area contributed by atoms with Gasteiger partial charge in [-0.05, 0) is 17.7 Å². The van der Waals surface area contributed by atoms with Gasteiger partial charge in [-0.2, -0.15) is 0 Å². The molecule has 0 fully saturated rings. The second kappa shape index (κ2) is 5.05. The molecule has 0 aliphatic rings. The van der Waals surface area contributed by atoms with Crippen LogP contribution in [0.1, 0.15) is 5.56 Å². The maximum absolute atomic E-state index is 10.8. The van der Waals surface area contributed by atoms with Crippen molar-refractivity contribution in [3.8, 4) is 11.3 Å². The number of benzene rings is 2. The van der Waals surface area contributed by atoms with E-state index in [-0.39, 0.29) is 0 Å². The molecule has 3 aromatic rings. The van der Waals surface area contributed by atoms with Crippen molar-refractivity contribution in [3.63, 3.8) is 0 Å². The van der Waals surface area contributed by atoms with Crippen molar-refractivity contribution in [2.75, 3.05) is 0 Å². The van der Waals surface area contributed by atoms with Crippen molar-refractivity contribution in [1.82, 2.24) is 4.98 Å². The number of H-pyrrole nitrogens is 1. The van der Waals surface area contributed by atoms with Crippen molar-refractivity contribution in [1.29, 1.82) is 0 Å². The van der Waals surface area contributed by atoms with Gasteiger partial charge in [0, 0.05) is 22.5 Å². The molecule has 3 heteroatoms. The van der Waals surface area contributed by atoms with Crippen LogP contribution >= 0.6 is 0 Å². The number of fused-ring (bicyclic) bond motifs is 1. The Bertz CT molecular complexity index is 785. The fourth-order valence-electron chi connectivity index (χ4n) is 2.32. The zero-order valence-corrected chi connectivity index (χ0v) is 10.7. The van der Waals surface area contributed by atoms with Crippen LogP contribution in [0, 0.1) is 0 Å². The van der Waals surface area contributed by atoms with E-state index in [4.69, 9.17) is 5.11 Å². The molecule has 1 aromatic heterocycles. The molecule has 98 valence electrons. The first-order valence-electron chi connectivity index (χ1n) is 6.33. The normalized spacial score (nSPS) is 11.2. The molecule has 3 rings (SSSR count). The summed E-state index contributed by atoms with van der Waals surface area (Å²) in [5.74, 6) is -0.950. The Labute approximate surface area is 116 Å². The molecule has 0 spiro atoms. The van der Waals surface area contributed by atoms with Crippen LogP contribution in [0.3, 0.4) is 0 Å². The first-order valence-corrected chi connectivity index (χ1v) is 6.33. The zero-order valence-electron chi connectivity index (χ0n) is 10.7. The zero-order chi connectivity index (χ0) is 13.9.